The second-order valence-electron chi connectivity index (χ2n) is 5.12. The van der Waals surface area contributed by atoms with Crippen molar-refractivity contribution in [3.63, 3.8) is 0 Å². The molecule has 2 aromatic carbocycles. The van der Waals surface area contributed by atoms with Crippen LogP contribution in [-0.4, -0.2) is 18.0 Å². The average molecular weight is 280 g/mol. The number of fused-ring (bicyclic) bond motifs is 1. The van der Waals surface area contributed by atoms with Gasteiger partial charge in [-0.15, -0.1) is 0 Å². The first-order valence-electron chi connectivity index (χ1n) is 6.88. The van der Waals surface area contributed by atoms with Gasteiger partial charge in [-0.25, -0.2) is 0 Å². The molecule has 0 radical (unpaired) electrons. The van der Waals surface area contributed by atoms with Gasteiger partial charge in [0.2, 0.25) is 0 Å². The number of methoxy groups -OCH3 is 1. The maximum absolute atomic E-state index is 12.5. The number of benzene rings is 2. The fourth-order valence-corrected chi connectivity index (χ4v) is 2.63. The minimum absolute atomic E-state index is 0.0576. The third-order valence-electron chi connectivity index (χ3n) is 3.72. The number of hydrogen-bond acceptors (Lipinski definition) is 3. The molecule has 0 saturated carbocycles. The van der Waals surface area contributed by atoms with Gasteiger partial charge in [-0.3, -0.25) is 4.79 Å². The number of ether oxygens (including phenoxy) is 1. The molecular weight excluding hydrogens is 264 g/mol. The summed E-state index contributed by atoms with van der Waals surface area (Å²) in [6, 6.07) is 12.5. The molecule has 3 heteroatoms. The number of Topliss-reactive ketones (excluding diaryl/α,β-unsaturated/α-hetero) is 1. The molecule has 0 aliphatic heterocycles. The highest BCUT2D eigenvalue weighted by Crippen LogP contribution is 2.29. The molecule has 0 aromatic heterocycles. The van der Waals surface area contributed by atoms with Gasteiger partial charge < -0.3 is 9.84 Å². The van der Waals surface area contributed by atoms with Crippen molar-refractivity contribution < 1.29 is 14.6 Å². The van der Waals surface area contributed by atoms with E-state index >= 15 is 0 Å². The molecule has 1 N–H and O–H groups in total. The van der Waals surface area contributed by atoms with Crippen LogP contribution < -0.4 is 4.74 Å². The third-order valence-corrected chi connectivity index (χ3v) is 3.72. The van der Waals surface area contributed by atoms with Crippen LogP contribution in [0, 0.1) is 0 Å². The second kappa shape index (κ2) is 5.44. The van der Waals surface area contributed by atoms with Crippen LogP contribution >= 0.6 is 0 Å². The zero-order chi connectivity index (χ0) is 14.8. The fourth-order valence-electron chi connectivity index (χ4n) is 2.63. The number of rotatable bonds is 2. The Labute approximate surface area is 123 Å². The van der Waals surface area contributed by atoms with E-state index in [2.05, 4.69) is 0 Å². The summed E-state index contributed by atoms with van der Waals surface area (Å²) in [5.41, 5.74) is 3.40. The molecule has 21 heavy (non-hydrogen) atoms. The Kier molecular flexibility index (Phi) is 3.48. The van der Waals surface area contributed by atoms with Gasteiger partial charge in [0.05, 0.1) is 7.11 Å². The van der Waals surface area contributed by atoms with Crippen molar-refractivity contribution in [1.82, 2.24) is 0 Å². The fraction of sp³-hybridized carbons (Fsp3) is 0.167. The number of hydrogen-bond donors (Lipinski definition) is 1. The Balaban J connectivity index is 1.95. The van der Waals surface area contributed by atoms with E-state index in [0.29, 0.717) is 6.42 Å². The molecule has 3 rings (SSSR count). The van der Waals surface area contributed by atoms with Gasteiger partial charge in [0.15, 0.2) is 5.78 Å². The van der Waals surface area contributed by atoms with Crippen molar-refractivity contribution in [2.75, 3.05) is 7.11 Å². The van der Waals surface area contributed by atoms with E-state index in [1.54, 1.807) is 25.3 Å². The van der Waals surface area contributed by atoms with Crippen LogP contribution in [0.4, 0.5) is 0 Å². The maximum Gasteiger partial charge on any atom is 0.189 e. The number of carbonyl (C=O) groups excluding carboxylic acids is 1. The molecule has 0 atom stereocenters. The van der Waals surface area contributed by atoms with E-state index in [-0.39, 0.29) is 11.5 Å². The topological polar surface area (TPSA) is 46.5 Å². The summed E-state index contributed by atoms with van der Waals surface area (Å²) in [4.78, 5) is 12.5. The highest BCUT2D eigenvalue weighted by atomic mass is 16.5. The van der Waals surface area contributed by atoms with Gasteiger partial charge in [-0.05, 0) is 60.4 Å². The summed E-state index contributed by atoms with van der Waals surface area (Å²) >= 11 is 0. The lowest BCUT2D eigenvalue weighted by atomic mass is 9.86. The lowest BCUT2D eigenvalue weighted by Gasteiger charge is -2.18. The Morgan fingerprint density at radius 2 is 2.00 bits per heavy atom. The van der Waals surface area contributed by atoms with Gasteiger partial charge in [0, 0.05) is 11.1 Å². The number of aryl methyl sites for hydroxylation is 1. The van der Waals surface area contributed by atoms with Crippen molar-refractivity contribution in [2.45, 2.75) is 12.8 Å². The van der Waals surface area contributed by atoms with Crippen LogP contribution in [0.25, 0.3) is 6.08 Å². The summed E-state index contributed by atoms with van der Waals surface area (Å²) in [6.45, 7) is 0. The standard InChI is InChI=1S/C18H16O3/c1-21-16-7-8-17-13(11-16)5-6-14(18(17)20)9-12-3-2-4-15(19)10-12/h2-4,7-11,19H,5-6H2,1H3/b14-9+. The number of aromatic hydroxyl groups is 1. The Bertz CT molecular complexity index is 729. The van der Waals surface area contributed by atoms with Crippen LogP contribution in [0.15, 0.2) is 48.0 Å². The maximum atomic E-state index is 12.5. The smallest absolute Gasteiger partial charge is 0.189 e. The normalized spacial score (nSPS) is 15.9. The Hall–Kier alpha value is -2.55. The summed E-state index contributed by atoms with van der Waals surface area (Å²) in [7, 11) is 1.62. The SMILES string of the molecule is COc1ccc2c(c1)CC/C(=C\c1cccc(O)c1)C2=O. The molecule has 1 aliphatic carbocycles. The number of ketones is 1. The van der Waals surface area contributed by atoms with Gasteiger partial charge >= 0.3 is 0 Å². The third kappa shape index (κ3) is 2.68. The van der Waals surface area contributed by atoms with Gasteiger partial charge in [-0.2, -0.15) is 0 Å². The molecule has 0 bridgehead atoms. The molecule has 0 saturated heterocycles. The molecule has 0 unspecified atom stereocenters. The molecule has 106 valence electrons. The molecule has 0 fully saturated rings. The van der Waals surface area contributed by atoms with Crippen molar-refractivity contribution in [3.8, 4) is 11.5 Å². The van der Waals surface area contributed by atoms with Gasteiger partial charge in [0.25, 0.3) is 0 Å². The first-order valence-corrected chi connectivity index (χ1v) is 6.88. The van der Waals surface area contributed by atoms with E-state index in [0.717, 1.165) is 34.4 Å². The number of phenols is 1. The highest BCUT2D eigenvalue weighted by Gasteiger charge is 2.22. The van der Waals surface area contributed by atoms with Crippen LogP contribution in [0.1, 0.15) is 27.9 Å². The van der Waals surface area contributed by atoms with E-state index in [1.165, 1.54) is 0 Å². The quantitative estimate of drug-likeness (QED) is 0.855. The zero-order valence-corrected chi connectivity index (χ0v) is 11.8. The number of carbonyl (C=O) groups is 1. The first kappa shape index (κ1) is 13.4. The van der Waals surface area contributed by atoms with Crippen molar-refractivity contribution in [2.24, 2.45) is 0 Å². The molecule has 3 nitrogen and oxygen atoms in total. The minimum atomic E-state index is 0.0576. The van der Waals surface area contributed by atoms with Gasteiger partial charge in [0.1, 0.15) is 11.5 Å². The van der Waals surface area contributed by atoms with Crippen molar-refractivity contribution in [1.29, 1.82) is 0 Å². The Morgan fingerprint density at radius 1 is 1.14 bits per heavy atom. The molecule has 0 spiro atoms. The van der Waals surface area contributed by atoms with E-state index in [9.17, 15) is 9.90 Å². The van der Waals surface area contributed by atoms with Crippen molar-refractivity contribution in [3.05, 3.63) is 64.7 Å². The first-order chi connectivity index (χ1) is 10.2. The predicted molar refractivity (Wildman–Crippen MR) is 81.7 cm³/mol. The summed E-state index contributed by atoms with van der Waals surface area (Å²) in [5, 5.41) is 9.50. The van der Waals surface area contributed by atoms with E-state index < -0.39 is 0 Å². The second-order valence-corrected chi connectivity index (χ2v) is 5.12. The molecule has 0 amide bonds. The van der Waals surface area contributed by atoms with Crippen LogP contribution in [0.5, 0.6) is 11.5 Å². The summed E-state index contributed by atoms with van der Waals surface area (Å²) in [6.07, 6.45) is 3.38. The number of allylic oxidation sites excluding steroid dienone is 1. The zero-order valence-electron chi connectivity index (χ0n) is 11.8. The van der Waals surface area contributed by atoms with Crippen LogP contribution in [-0.2, 0) is 6.42 Å². The summed E-state index contributed by atoms with van der Waals surface area (Å²) in [5.74, 6) is 1.04. The van der Waals surface area contributed by atoms with E-state index in [1.807, 2.05) is 30.3 Å². The summed E-state index contributed by atoms with van der Waals surface area (Å²) < 4.78 is 5.20. The van der Waals surface area contributed by atoms with E-state index in [4.69, 9.17) is 4.74 Å². The van der Waals surface area contributed by atoms with Crippen LogP contribution in [0.2, 0.25) is 0 Å². The highest BCUT2D eigenvalue weighted by molar-refractivity contribution is 6.13. The molecule has 0 heterocycles. The molecule has 2 aromatic rings. The molecular formula is C18H16O3. The minimum Gasteiger partial charge on any atom is -0.508 e. The molecule has 1 aliphatic rings. The monoisotopic (exact) mass is 280 g/mol. The van der Waals surface area contributed by atoms with Crippen LogP contribution in [0.3, 0.4) is 0 Å². The average Bonchev–Trinajstić information content (AvgIpc) is 2.50. The van der Waals surface area contributed by atoms with Crippen molar-refractivity contribution >= 4 is 11.9 Å². The lowest BCUT2D eigenvalue weighted by molar-refractivity contribution is 0.102. The Morgan fingerprint density at radius 3 is 2.76 bits per heavy atom. The largest absolute Gasteiger partial charge is 0.508 e. The van der Waals surface area contributed by atoms with Gasteiger partial charge in [-0.1, -0.05) is 12.1 Å². The number of phenolic OH excluding ortho intramolecular Hbond substituents is 1. The lowest BCUT2D eigenvalue weighted by Crippen LogP contribution is -2.14. The predicted octanol–water partition coefficient (Wildman–Crippen LogP) is 3.61.